The van der Waals surface area contributed by atoms with Gasteiger partial charge in [0.1, 0.15) is 6.61 Å². The van der Waals surface area contributed by atoms with Gasteiger partial charge in [-0.1, -0.05) is 48.5 Å². The monoisotopic (exact) mass is 282 g/mol. The Kier molecular flexibility index (Phi) is 6.38. The van der Waals surface area contributed by atoms with Crippen molar-refractivity contribution >= 4 is 0 Å². The van der Waals surface area contributed by atoms with Crippen LogP contribution < -0.4 is 0 Å². The van der Waals surface area contributed by atoms with Crippen LogP contribution in [0, 0.1) is 22.7 Å². The Morgan fingerprint density at radius 3 is 1.68 bits per heavy atom. The minimum Gasteiger partial charge on any atom is -0.371 e. The summed E-state index contributed by atoms with van der Waals surface area (Å²) in [5.41, 5.74) is -0.357. The molecule has 19 heavy (non-hydrogen) atoms. The summed E-state index contributed by atoms with van der Waals surface area (Å²) in [7, 11) is 0. The first-order valence-electron chi connectivity index (χ1n) is 6.93. The first-order chi connectivity index (χ1) is 8.28. The van der Waals surface area contributed by atoms with Crippen molar-refractivity contribution < 1.29 is 17.9 Å². The van der Waals surface area contributed by atoms with E-state index in [4.69, 9.17) is 4.74 Å². The summed E-state index contributed by atoms with van der Waals surface area (Å²) in [5, 5.41) is 0. The van der Waals surface area contributed by atoms with E-state index in [1.54, 1.807) is 0 Å². The maximum atomic E-state index is 12.2. The van der Waals surface area contributed by atoms with Crippen LogP contribution in [-0.2, 0) is 4.74 Å². The van der Waals surface area contributed by atoms with Crippen LogP contribution in [0.4, 0.5) is 13.2 Å². The van der Waals surface area contributed by atoms with Crippen LogP contribution in [0.25, 0.3) is 0 Å². The minimum absolute atomic E-state index is 0.0955. The molecule has 0 aliphatic heterocycles. The molecule has 0 bridgehead atoms. The molecule has 0 fully saturated rings. The van der Waals surface area contributed by atoms with Gasteiger partial charge in [-0.2, -0.15) is 13.2 Å². The molecule has 2 unspecified atom stereocenters. The van der Waals surface area contributed by atoms with Crippen molar-refractivity contribution in [3.63, 3.8) is 0 Å². The minimum atomic E-state index is -4.25. The number of ether oxygens (including phenoxy) is 1. The number of hydrogen-bond acceptors (Lipinski definition) is 1. The van der Waals surface area contributed by atoms with Gasteiger partial charge in [0.2, 0.25) is 0 Å². The SMILES string of the molecule is CC(C)C(C)CC(C)(COCC(F)(F)F)C(C)(C)C. The lowest BCUT2D eigenvalue weighted by atomic mass is 9.63. The molecule has 1 nitrogen and oxygen atoms in total. The third kappa shape index (κ3) is 6.64. The largest absolute Gasteiger partial charge is 0.411 e. The highest BCUT2D eigenvalue weighted by Crippen LogP contribution is 2.44. The third-order valence-corrected chi connectivity index (χ3v) is 4.41. The molecule has 0 aliphatic carbocycles. The van der Waals surface area contributed by atoms with Crippen molar-refractivity contribution in [3.8, 4) is 0 Å². The van der Waals surface area contributed by atoms with Crippen molar-refractivity contribution in [1.29, 1.82) is 0 Å². The van der Waals surface area contributed by atoms with E-state index in [0.717, 1.165) is 6.42 Å². The summed E-state index contributed by atoms with van der Waals surface area (Å²) in [6.45, 7) is 13.7. The molecule has 0 radical (unpaired) electrons. The highest BCUT2D eigenvalue weighted by molar-refractivity contribution is 4.88. The molecule has 116 valence electrons. The molecule has 0 amide bonds. The Labute approximate surface area is 115 Å². The van der Waals surface area contributed by atoms with Crippen LogP contribution in [0.3, 0.4) is 0 Å². The lowest BCUT2D eigenvalue weighted by Crippen LogP contribution is -2.40. The Balaban J connectivity index is 4.71. The van der Waals surface area contributed by atoms with Gasteiger partial charge in [0, 0.05) is 0 Å². The van der Waals surface area contributed by atoms with E-state index in [1.807, 2.05) is 6.92 Å². The highest BCUT2D eigenvalue weighted by Gasteiger charge is 2.40. The van der Waals surface area contributed by atoms with Gasteiger partial charge in [-0.05, 0) is 29.1 Å². The van der Waals surface area contributed by atoms with Gasteiger partial charge < -0.3 is 4.74 Å². The Morgan fingerprint density at radius 1 is 0.895 bits per heavy atom. The molecule has 0 saturated carbocycles. The fraction of sp³-hybridized carbons (Fsp3) is 1.00. The van der Waals surface area contributed by atoms with Gasteiger partial charge in [0.25, 0.3) is 0 Å². The molecule has 0 spiro atoms. The molecule has 0 heterocycles. The van der Waals surface area contributed by atoms with Crippen LogP contribution in [0.5, 0.6) is 0 Å². The van der Waals surface area contributed by atoms with E-state index in [1.165, 1.54) is 0 Å². The molecule has 0 aliphatic rings. The van der Waals surface area contributed by atoms with Gasteiger partial charge in [-0.3, -0.25) is 0 Å². The number of rotatable bonds is 6. The van der Waals surface area contributed by atoms with E-state index < -0.39 is 12.8 Å². The molecule has 0 aromatic rings. The third-order valence-electron chi connectivity index (χ3n) is 4.41. The second kappa shape index (κ2) is 6.47. The van der Waals surface area contributed by atoms with Crippen LogP contribution in [0.2, 0.25) is 0 Å². The number of halogens is 3. The molecule has 0 aromatic carbocycles. The van der Waals surface area contributed by atoms with Crippen molar-refractivity contribution in [1.82, 2.24) is 0 Å². The summed E-state index contributed by atoms with van der Waals surface area (Å²) in [4.78, 5) is 0. The Morgan fingerprint density at radius 2 is 1.37 bits per heavy atom. The molecule has 0 saturated heterocycles. The highest BCUT2D eigenvalue weighted by atomic mass is 19.4. The summed E-state index contributed by atoms with van der Waals surface area (Å²) >= 11 is 0. The van der Waals surface area contributed by atoms with Crippen LogP contribution in [0.1, 0.15) is 54.9 Å². The van der Waals surface area contributed by atoms with E-state index in [2.05, 4.69) is 41.5 Å². The fourth-order valence-electron chi connectivity index (χ4n) is 1.92. The zero-order chi connectivity index (χ0) is 15.5. The van der Waals surface area contributed by atoms with Crippen molar-refractivity contribution in [2.75, 3.05) is 13.2 Å². The second-order valence-corrected chi connectivity index (χ2v) is 7.34. The first-order valence-corrected chi connectivity index (χ1v) is 6.93. The second-order valence-electron chi connectivity index (χ2n) is 7.34. The predicted octanol–water partition coefficient (Wildman–Crippen LogP) is 5.30. The fourth-order valence-corrected chi connectivity index (χ4v) is 1.92. The first kappa shape index (κ1) is 18.8. The van der Waals surface area contributed by atoms with Gasteiger partial charge in [-0.15, -0.1) is 0 Å². The van der Waals surface area contributed by atoms with E-state index in [0.29, 0.717) is 11.8 Å². The van der Waals surface area contributed by atoms with Gasteiger partial charge in [0.05, 0.1) is 6.61 Å². The Bertz CT molecular complexity index is 266. The van der Waals surface area contributed by atoms with E-state index >= 15 is 0 Å². The van der Waals surface area contributed by atoms with Crippen LogP contribution >= 0.6 is 0 Å². The normalized spacial score (nSPS) is 18.5. The van der Waals surface area contributed by atoms with Crippen molar-refractivity contribution in [3.05, 3.63) is 0 Å². The molecule has 4 heteroatoms. The summed E-state index contributed by atoms with van der Waals surface area (Å²) in [6.07, 6.45) is -3.38. The maximum Gasteiger partial charge on any atom is 0.411 e. The van der Waals surface area contributed by atoms with Gasteiger partial charge in [-0.25, -0.2) is 0 Å². The zero-order valence-corrected chi connectivity index (χ0v) is 13.3. The summed E-state index contributed by atoms with van der Waals surface area (Å²) in [5.74, 6) is 0.975. The zero-order valence-electron chi connectivity index (χ0n) is 13.3. The molecule has 2 atom stereocenters. The van der Waals surface area contributed by atoms with Crippen LogP contribution in [0.15, 0.2) is 0 Å². The maximum absolute atomic E-state index is 12.2. The van der Waals surface area contributed by atoms with Gasteiger partial charge in [0.15, 0.2) is 0 Å². The van der Waals surface area contributed by atoms with Crippen molar-refractivity contribution in [2.45, 2.75) is 61.1 Å². The van der Waals surface area contributed by atoms with Gasteiger partial charge >= 0.3 is 6.18 Å². The molecular weight excluding hydrogens is 253 g/mol. The Hall–Kier alpha value is -0.250. The average molecular weight is 282 g/mol. The summed E-state index contributed by atoms with van der Waals surface area (Å²) < 4.78 is 41.5. The number of hydrogen-bond donors (Lipinski definition) is 0. The summed E-state index contributed by atoms with van der Waals surface area (Å²) in [6, 6.07) is 0. The molecule has 0 aromatic heterocycles. The number of alkyl halides is 3. The molecule has 0 N–H and O–H groups in total. The van der Waals surface area contributed by atoms with Crippen LogP contribution in [-0.4, -0.2) is 19.4 Å². The average Bonchev–Trinajstić information content (AvgIpc) is 2.13. The standard InChI is InChI=1S/C15H29F3O/c1-11(2)12(3)8-14(7,13(4,5)6)9-19-10-15(16,17)18/h11-12H,8-10H2,1-7H3. The quantitative estimate of drug-likeness (QED) is 0.642. The van der Waals surface area contributed by atoms with E-state index in [9.17, 15) is 13.2 Å². The predicted molar refractivity (Wildman–Crippen MR) is 73.1 cm³/mol. The lowest BCUT2D eigenvalue weighted by molar-refractivity contribution is -0.186. The molecular formula is C15H29F3O. The van der Waals surface area contributed by atoms with Crippen molar-refractivity contribution in [2.24, 2.45) is 22.7 Å². The molecule has 0 rings (SSSR count). The topological polar surface area (TPSA) is 9.23 Å². The smallest absolute Gasteiger partial charge is 0.371 e. The lowest BCUT2D eigenvalue weighted by Gasteiger charge is -2.44. The van der Waals surface area contributed by atoms with E-state index in [-0.39, 0.29) is 17.4 Å².